The highest BCUT2D eigenvalue weighted by molar-refractivity contribution is 8.14. The minimum atomic E-state index is -0.958. The molecule has 5 rings (SSSR count). The fraction of sp³-hybridized carbons (Fsp3) is 0.542. The molecule has 1 atom stereocenters. The quantitative estimate of drug-likeness (QED) is 0.818. The number of aliphatic imine (C=N–C) groups is 1. The third-order valence-corrected chi connectivity index (χ3v) is 8.23. The second-order valence-corrected chi connectivity index (χ2v) is 9.99. The Morgan fingerprint density at radius 1 is 1.10 bits per heavy atom. The van der Waals surface area contributed by atoms with E-state index in [9.17, 15) is 5.11 Å². The fourth-order valence-electron chi connectivity index (χ4n) is 5.06. The van der Waals surface area contributed by atoms with Crippen molar-refractivity contribution >= 4 is 27.7 Å². The first-order chi connectivity index (χ1) is 14.1. The van der Waals surface area contributed by atoms with E-state index in [0.29, 0.717) is 5.75 Å². The van der Waals surface area contributed by atoms with Gasteiger partial charge in [-0.1, -0.05) is 61.5 Å². The zero-order chi connectivity index (χ0) is 19.9. The Hall–Kier alpha value is -1.56. The van der Waals surface area contributed by atoms with Crippen molar-refractivity contribution in [1.29, 1.82) is 0 Å². The van der Waals surface area contributed by atoms with Gasteiger partial charge in [0.2, 0.25) is 0 Å². The lowest BCUT2D eigenvalue weighted by atomic mass is 9.76. The maximum atomic E-state index is 11.8. The zero-order valence-electron chi connectivity index (χ0n) is 17.3. The van der Waals surface area contributed by atoms with Crippen LogP contribution in [0.15, 0.2) is 47.5 Å². The first kappa shape index (κ1) is 19.4. The molecule has 0 aromatic heterocycles. The lowest BCUT2D eigenvalue weighted by Crippen LogP contribution is -2.56. The van der Waals surface area contributed by atoms with Crippen LogP contribution in [0.25, 0.3) is 10.8 Å². The van der Waals surface area contributed by atoms with Crippen LogP contribution in [-0.4, -0.2) is 58.6 Å². The second kappa shape index (κ2) is 7.60. The van der Waals surface area contributed by atoms with E-state index in [1.165, 1.54) is 56.1 Å². The van der Waals surface area contributed by atoms with Crippen LogP contribution in [0.5, 0.6) is 0 Å². The summed E-state index contributed by atoms with van der Waals surface area (Å²) in [5.41, 5.74) is 0.244. The number of hydrogen-bond acceptors (Lipinski definition) is 5. The van der Waals surface area contributed by atoms with E-state index in [-0.39, 0.29) is 5.41 Å². The maximum Gasteiger partial charge on any atom is 0.175 e. The molecule has 2 saturated heterocycles. The van der Waals surface area contributed by atoms with E-state index in [2.05, 4.69) is 59.2 Å². The standard InChI is InChI=1S/C24H31N3OS/c1-2-3-12-26-13-10-23(11-14-26)16-25-22-27(17-23)24(28,18-29-22)21-9-8-19-6-4-5-7-20(19)15-21/h4-9,15,28H,2-3,10-14,16-18H2,1H3. The number of unbranched alkanes of at least 4 members (excludes halogenated alkanes) is 1. The third-order valence-electron chi connectivity index (χ3n) is 7.08. The molecule has 1 N–H and O–H groups in total. The molecule has 1 unspecified atom stereocenters. The van der Waals surface area contributed by atoms with Gasteiger partial charge in [-0.25, -0.2) is 0 Å². The molecule has 0 aliphatic carbocycles. The van der Waals surface area contributed by atoms with Gasteiger partial charge < -0.3 is 14.9 Å². The normalized spacial score (nSPS) is 26.7. The molecular weight excluding hydrogens is 378 g/mol. The molecule has 154 valence electrons. The van der Waals surface area contributed by atoms with Crippen LogP contribution < -0.4 is 0 Å². The summed E-state index contributed by atoms with van der Waals surface area (Å²) < 4.78 is 0. The number of aliphatic hydroxyl groups is 1. The maximum absolute atomic E-state index is 11.8. The highest BCUT2D eigenvalue weighted by Crippen LogP contribution is 2.46. The van der Waals surface area contributed by atoms with Crippen LogP contribution in [0, 0.1) is 5.41 Å². The summed E-state index contributed by atoms with van der Waals surface area (Å²) >= 11 is 1.71. The van der Waals surface area contributed by atoms with Crippen molar-refractivity contribution in [3.63, 3.8) is 0 Å². The van der Waals surface area contributed by atoms with E-state index in [1.807, 2.05) is 0 Å². The highest BCUT2D eigenvalue weighted by Gasteiger charge is 2.51. The summed E-state index contributed by atoms with van der Waals surface area (Å²) in [6.07, 6.45) is 4.92. The van der Waals surface area contributed by atoms with Crippen LogP contribution in [0.4, 0.5) is 0 Å². The minimum Gasteiger partial charge on any atom is -0.366 e. The second-order valence-electron chi connectivity index (χ2n) is 9.05. The Kier molecular flexibility index (Phi) is 5.09. The first-order valence-corrected chi connectivity index (χ1v) is 12.0. The first-order valence-electron chi connectivity index (χ1n) is 11.0. The lowest BCUT2D eigenvalue weighted by Gasteiger charge is -2.48. The predicted octanol–water partition coefficient (Wildman–Crippen LogP) is 4.29. The highest BCUT2D eigenvalue weighted by atomic mass is 32.2. The lowest BCUT2D eigenvalue weighted by molar-refractivity contribution is -0.0752. The summed E-state index contributed by atoms with van der Waals surface area (Å²) in [5.74, 6) is 0.656. The summed E-state index contributed by atoms with van der Waals surface area (Å²) in [7, 11) is 0. The number of rotatable bonds is 4. The minimum absolute atomic E-state index is 0.210. The largest absolute Gasteiger partial charge is 0.366 e. The van der Waals surface area contributed by atoms with Crippen molar-refractivity contribution in [2.45, 2.75) is 38.3 Å². The van der Waals surface area contributed by atoms with Gasteiger partial charge in [0.25, 0.3) is 0 Å². The number of fused-ring (bicyclic) bond motifs is 2. The molecule has 4 nitrogen and oxygen atoms in total. The fourth-order valence-corrected chi connectivity index (χ4v) is 6.24. The van der Waals surface area contributed by atoms with Gasteiger partial charge in [0.1, 0.15) is 0 Å². The van der Waals surface area contributed by atoms with Crippen LogP contribution in [0.1, 0.15) is 38.2 Å². The molecule has 3 heterocycles. The third kappa shape index (κ3) is 3.47. The number of benzene rings is 2. The molecule has 2 aromatic carbocycles. The van der Waals surface area contributed by atoms with Gasteiger partial charge in [-0.3, -0.25) is 4.99 Å². The van der Waals surface area contributed by atoms with E-state index >= 15 is 0 Å². The van der Waals surface area contributed by atoms with Gasteiger partial charge >= 0.3 is 0 Å². The van der Waals surface area contributed by atoms with Crippen molar-refractivity contribution in [3.05, 3.63) is 48.0 Å². The zero-order valence-corrected chi connectivity index (χ0v) is 18.1. The van der Waals surface area contributed by atoms with Gasteiger partial charge in [-0.05, 0) is 55.7 Å². The van der Waals surface area contributed by atoms with E-state index in [1.54, 1.807) is 11.8 Å². The molecule has 2 fully saturated rings. The molecule has 29 heavy (non-hydrogen) atoms. The Morgan fingerprint density at radius 3 is 2.69 bits per heavy atom. The molecule has 2 aromatic rings. The molecule has 1 spiro atoms. The Morgan fingerprint density at radius 2 is 1.90 bits per heavy atom. The molecule has 3 aliphatic heterocycles. The molecular formula is C24H31N3OS. The average molecular weight is 410 g/mol. The summed E-state index contributed by atoms with van der Waals surface area (Å²) in [4.78, 5) is 9.79. The molecule has 0 amide bonds. The van der Waals surface area contributed by atoms with E-state index in [0.717, 1.165) is 23.8 Å². The average Bonchev–Trinajstić information content (AvgIpc) is 3.10. The van der Waals surface area contributed by atoms with Crippen molar-refractivity contribution in [3.8, 4) is 0 Å². The number of amidine groups is 1. The van der Waals surface area contributed by atoms with Crippen LogP contribution in [0.2, 0.25) is 0 Å². The smallest absolute Gasteiger partial charge is 0.175 e. The summed E-state index contributed by atoms with van der Waals surface area (Å²) in [6.45, 7) is 7.66. The topological polar surface area (TPSA) is 39.1 Å². The van der Waals surface area contributed by atoms with Gasteiger partial charge in [0.15, 0.2) is 10.9 Å². The van der Waals surface area contributed by atoms with Crippen molar-refractivity contribution in [2.24, 2.45) is 10.4 Å². The number of nitrogens with zero attached hydrogens (tertiary/aromatic N) is 3. The van der Waals surface area contributed by atoms with Crippen molar-refractivity contribution in [2.75, 3.05) is 38.5 Å². The molecule has 3 aliphatic rings. The molecule has 5 heteroatoms. The van der Waals surface area contributed by atoms with E-state index in [4.69, 9.17) is 4.99 Å². The van der Waals surface area contributed by atoms with Gasteiger partial charge in [0.05, 0.1) is 5.75 Å². The Balaban J connectivity index is 1.38. The number of thioether (sulfide) groups is 1. The molecule has 0 radical (unpaired) electrons. The van der Waals surface area contributed by atoms with Crippen LogP contribution in [-0.2, 0) is 5.72 Å². The predicted molar refractivity (Wildman–Crippen MR) is 122 cm³/mol. The van der Waals surface area contributed by atoms with Crippen LogP contribution >= 0.6 is 11.8 Å². The monoisotopic (exact) mass is 409 g/mol. The Labute approximate surface area is 178 Å². The summed E-state index contributed by atoms with van der Waals surface area (Å²) in [5, 5.41) is 15.2. The summed E-state index contributed by atoms with van der Waals surface area (Å²) in [6, 6.07) is 14.8. The SMILES string of the molecule is CCCCN1CCC2(CC1)CN=C1SCC(O)(c3ccc4ccccc4c3)N1C2. The number of likely N-dealkylation sites (tertiary alicyclic amines) is 1. The van der Waals surface area contributed by atoms with Gasteiger partial charge in [0, 0.05) is 24.1 Å². The van der Waals surface area contributed by atoms with Gasteiger partial charge in [-0.2, -0.15) is 0 Å². The van der Waals surface area contributed by atoms with Crippen molar-refractivity contribution < 1.29 is 5.11 Å². The van der Waals surface area contributed by atoms with Gasteiger partial charge in [-0.15, -0.1) is 0 Å². The van der Waals surface area contributed by atoms with E-state index < -0.39 is 5.72 Å². The number of hydrogen-bond donors (Lipinski definition) is 1. The Bertz CT molecular complexity index is 921. The molecule has 0 saturated carbocycles. The van der Waals surface area contributed by atoms with Crippen LogP contribution in [0.3, 0.4) is 0 Å². The molecule has 0 bridgehead atoms. The van der Waals surface area contributed by atoms with Crippen molar-refractivity contribution in [1.82, 2.24) is 9.80 Å². The number of piperidine rings is 1.